The minimum Gasteiger partial charge on any atom is -0.484 e. The van der Waals surface area contributed by atoms with E-state index < -0.39 is 16.1 Å². The highest BCUT2D eigenvalue weighted by atomic mass is 32.2. The zero-order valence-corrected chi connectivity index (χ0v) is 23.7. The Morgan fingerprint density at radius 1 is 1.03 bits per heavy atom. The molecule has 1 aliphatic heterocycles. The molecular weight excluding hydrogens is 522 g/mol. The van der Waals surface area contributed by atoms with E-state index in [2.05, 4.69) is 5.32 Å². The standard InChI is InChI=1S/C28H39N3O7S/c1-22(2)37-17-7-14-29-28(33)23(3)31(20-24-8-5-4-6-9-24)27(32)21-38-25-10-12-26(13-11-25)39(34,35)30-15-18-36-19-16-30/h4-6,8-13,22-23H,7,14-21H2,1-3H3,(H,29,33)/t23-/m1/s1. The number of carbonyl (C=O) groups is 2. The Hall–Kier alpha value is -2.99. The number of hydrogen-bond acceptors (Lipinski definition) is 7. The molecule has 0 unspecified atom stereocenters. The van der Waals surface area contributed by atoms with Gasteiger partial charge in [-0.25, -0.2) is 8.42 Å². The summed E-state index contributed by atoms with van der Waals surface area (Å²) in [5, 5.41) is 2.88. The van der Waals surface area contributed by atoms with Gasteiger partial charge < -0.3 is 24.4 Å². The van der Waals surface area contributed by atoms with Crippen LogP contribution in [0.3, 0.4) is 0 Å². The fourth-order valence-electron chi connectivity index (χ4n) is 3.99. The summed E-state index contributed by atoms with van der Waals surface area (Å²) in [5.74, 6) is -0.276. The summed E-state index contributed by atoms with van der Waals surface area (Å²) in [6.45, 7) is 7.87. The first-order valence-electron chi connectivity index (χ1n) is 13.2. The van der Waals surface area contributed by atoms with Gasteiger partial charge in [0.15, 0.2) is 6.61 Å². The molecule has 0 spiro atoms. The lowest BCUT2D eigenvalue weighted by Crippen LogP contribution is -2.49. The van der Waals surface area contributed by atoms with Gasteiger partial charge >= 0.3 is 0 Å². The van der Waals surface area contributed by atoms with E-state index in [9.17, 15) is 18.0 Å². The SMILES string of the molecule is CC(C)OCCCNC(=O)[C@@H](C)N(Cc1ccccc1)C(=O)COc1ccc(S(=O)(=O)N2CCOCC2)cc1. The quantitative estimate of drug-likeness (QED) is 0.353. The van der Waals surface area contributed by atoms with Gasteiger partial charge in [0.05, 0.1) is 24.2 Å². The number of ether oxygens (including phenoxy) is 3. The van der Waals surface area contributed by atoms with Gasteiger partial charge in [-0.3, -0.25) is 9.59 Å². The number of nitrogens with one attached hydrogen (secondary N) is 1. The smallest absolute Gasteiger partial charge is 0.261 e. The van der Waals surface area contributed by atoms with Crippen LogP contribution in [0.5, 0.6) is 5.75 Å². The Kier molecular flexibility index (Phi) is 11.7. The predicted octanol–water partition coefficient (Wildman–Crippen LogP) is 2.43. The van der Waals surface area contributed by atoms with Crippen molar-refractivity contribution < 1.29 is 32.2 Å². The Labute approximate surface area is 231 Å². The minimum atomic E-state index is -3.62. The molecule has 1 saturated heterocycles. The first-order valence-corrected chi connectivity index (χ1v) is 14.7. The highest BCUT2D eigenvalue weighted by molar-refractivity contribution is 7.89. The zero-order chi connectivity index (χ0) is 28.3. The predicted molar refractivity (Wildman–Crippen MR) is 147 cm³/mol. The number of amides is 2. The third-order valence-electron chi connectivity index (χ3n) is 6.23. The molecule has 0 aromatic heterocycles. The van der Waals surface area contributed by atoms with Crippen LogP contribution in [0.1, 0.15) is 32.8 Å². The van der Waals surface area contributed by atoms with Crippen molar-refractivity contribution in [2.45, 2.75) is 50.8 Å². The van der Waals surface area contributed by atoms with Gasteiger partial charge in [0.1, 0.15) is 11.8 Å². The number of rotatable bonds is 14. The maximum absolute atomic E-state index is 13.2. The maximum Gasteiger partial charge on any atom is 0.261 e. The van der Waals surface area contributed by atoms with Crippen molar-refractivity contribution in [3.8, 4) is 5.75 Å². The fraction of sp³-hybridized carbons (Fsp3) is 0.500. The van der Waals surface area contributed by atoms with Crippen molar-refractivity contribution in [3.63, 3.8) is 0 Å². The van der Waals surface area contributed by atoms with Crippen molar-refractivity contribution in [2.75, 3.05) is 46.1 Å². The summed E-state index contributed by atoms with van der Waals surface area (Å²) in [6.07, 6.45) is 0.799. The first kappa shape index (κ1) is 30.6. The first-order chi connectivity index (χ1) is 18.7. The van der Waals surface area contributed by atoms with E-state index in [1.807, 2.05) is 44.2 Å². The second-order valence-electron chi connectivity index (χ2n) is 9.52. The van der Waals surface area contributed by atoms with Crippen molar-refractivity contribution in [2.24, 2.45) is 0 Å². The van der Waals surface area contributed by atoms with Crippen molar-refractivity contribution in [1.29, 1.82) is 0 Å². The van der Waals surface area contributed by atoms with Gasteiger partial charge in [0, 0.05) is 32.8 Å². The molecule has 10 nitrogen and oxygen atoms in total. The number of hydrogen-bond donors (Lipinski definition) is 1. The molecular formula is C28H39N3O7S. The summed E-state index contributed by atoms with van der Waals surface area (Å²) in [6, 6.07) is 14.7. The van der Waals surface area contributed by atoms with Crippen LogP contribution in [-0.2, 0) is 35.6 Å². The molecule has 2 aromatic carbocycles. The van der Waals surface area contributed by atoms with Crippen LogP contribution >= 0.6 is 0 Å². The largest absolute Gasteiger partial charge is 0.484 e. The van der Waals surface area contributed by atoms with E-state index in [1.54, 1.807) is 6.92 Å². The summed E-state index contributed by atoms with van der Waals surface area (Å²) < 4.78 is 43.5. The van der Waals surface area contributed by atoms with E-state index in [0.717, 1.165) is 5.56 Å². The average Bonchev–Trinajstić information content (AvgIpc) is 2.95. The van der Waals surface area contributed by atoms with Gasteiger partial charge in [-0.15, -0.1) is 0 Å². The maximum atomic E-state index is 13.2. The van der Waals surface area contributed by atoms with Gasteiger partial charge in [-0.05, 0) is 57.0 Å². The third-order valence-corrected chi connectivity index (χ3v) is 8.14. The molecule has 39 heavy (non-hydrogen) atoms. The molecule has 1 atom stereocenters. The summed E-state index contributed by atoms with van der Waals surface area (Å²) >= 11 is 0. The Bertz CT molecular complexity index is 1150. The summed E-state index contributed by atoms with van der Waals surface area (Å²) in [7, 11) is -3.62. The molecule has 11 heteroatoms. The van der Waals surface area contributed by atoms with E-state index >= 15 is 0 Å². The van der Waals surface area contributed by atoms with Crippen LogP contribution < -0.4 is 10.1 Å². The highest BCUT2D eigenvalue weighted by Crippen LogP contribution is 2.21. The molecule has 0 aliphatic carbocycles. The van der Waals surface area contributed by atoms with E-state index in [1.165, 1.54) is 33.5 Å². The lowest BCUT2D eigenvalue weighted by Gasteiger charge is -2.29. The lowest BCUT2D eigenvalue weighted by atomic mass is 10.1. The molecule has 2 amide bonds. The molecule has 214 valence electrons. The lowest BCUT2D eigenvalue weighted by molar-refractivity contribution is -0.142. The van der Waals surface area contributed by atoms with E-state index in [4.69, 9.17) is 14.2 Å². The molecule has 1 aliphatic rings. The van der Waals surface area contributed by atoms with E-state index in [-0.39, 0.29) is 36.0 Å². The number of nitrogens with zero attached hydrogens (tertiary/aromatic N) is 2. The van der Waals surface area contributed by atoms with Crippen molar-refractivity contribution in [1.82, 2.24) is 14.5 Å². The number of carbonyl (C=O) groups excluding carboxylic acids is 2. The summed E-state index contributed by atoms with van der Waals surface area (Å²) in [5.41, 5.74) is 0.883. The van der Waals surface area contributed by atoms with Crippen LogP contribution in [0.25, 0.3) is 0 Å². The monoisotopic (exact) mass is 561 g/mol. The minimum absolute atomic E-state index is 0.129. The molecule has 1 N–H and O–H groups in total. The topological polar surface area (TPSA) is 114 Å². The summed E-state index contributed by atoms with van der Waals surface area (Å²) in [4.78, 5) is 27.7. The molecule has 1 heterocycles. The Balaban J connectivity index is 1.61. The molecule has 0 radical (unpaired) electrons. The third kappa shape index (κ3) is 9.31. The molecule has 0 bridgehead atoms. The Morgan fingerprint density at radius 3 is 2.33 bits per heavy atom. The molecule has 1 fully saturated rings. The molecule has 3 rings (SSSR count). The van der Waals surface area contributed by atoms with Crippen LogP contribution in [0.4, 0.5) is 0 Å². The highest BCUT2D eigenvalue weighted by Gasteiger charge is 2.28. The second kappa shape index (κ2) is 15.0. The second-order valence-corrected chi connectivity index (χ2v) is 11.5. The normalized spacial score (nSPS) is 15.1. The van der Waals surface area contributed by atoms with Gasteiger partial charge in [0.2, 0.25) is 15.9 Å². The van der Waals surface area contributed by atoms with Crippen LogP contribution in [0, 0.1) is 0 Å². The molecule has 2 aromatic rings. The van der Waals surface area contributed by atoms with Gasteiger partial charge in [-0.2, -0.15) is 4.31 Å². The van der Waals surface area contributed by atoms with Gasteiger partial charge in [-0.1, -0.05) is 30.3 Å². The van der Waals surface area contributed by atoms with Gasteiger partial charge in [0.25, 0.3) is 5.91 Å². The number of benzene rings is 2. The van der Waals surface area contributed by atoms with E-state index in [0.29, 0.717) is 51.6 Å². The number of morpholine rings is 1. The average molecular weight is 562 g/mol. The Morgan fingerprint density at radius 2 is 1.69 bits per heavy atom. The van der Waals surface area contributed by atoms with Crippen LogP contribution in [0.2, 0.25) is 0 Å². The molecule has 0 saturated carbocycles. The van der Waals surface area contributed by atoms with Crippen molar-refractivity contribution >= 4 is 21.8 Å². The van der Waals surface area contributed by atoms with Crippen LogP contribution in [0.15, 0.2) is 59.5 Å². The zero-order valence-electron chi connectivity index (χ0n) is 22.9. The van der Waals surface area contributed by atoms with Crippen LogP contribution in [-0.4, -0.2) is 87.6 Å². The fourth-order valence-corrected chi connectivity index (χ4v) is 5.39. The number of sulfonamides is 1. The van der Waals surface area contributed by atoms with Crippen molar-refractivity contribution in [3.05, 3.63) is 60.2 Å².